The van der Waals surface area contributed by atoms with Crippen molar-refractivity contribution in [1.82, 2.24) is 4.90 Å². The van der Waals surface area contributed by atoms with Gasteiger partial charge in [0.1, 0.15) is 0 Å². The molecule has 1 unspecified atom stereocenters. The molecular weight excluding hydrogens is 216 g/mol. The van der Waals surface area contributed by atoms with Crippen LogP contribution in [0.2, 0.25) is 0 Å². The third kappa shape index (κ3) is 2.26. The van der Waals surface area contributed by atoms with Crippen LogP contribution in [-0.4, -0.2) is 24.1 Å². The van der Waals surface area contributed by atoms with Crippen LogP contribution >= 0.6 is 0 Å². The monoisotopic (exact) mass is 234 g/mol. The topological polar surface area (TPSA) is 55.6 Å². The highest BCUT2D eigenvalue weighted by Gasteiger charge is 2.27. The molecule has 0 saturated carbocycles. The second kappa shape index (κ2) is 4.75. The van der Waals surface area contributed by atoms with Gasteiger partial charge in [-0.25, -0.2) is 4.79 Å². The van der Waals surface area contributed by atoms with Gasteiger partial charge in [-0.3, -0.25) is 0 Å². The largest absolute Gasteiger partial charge is 0.453 e. The summed E-state index contributed by atoms with van der Waals surface area (Å²) < 4.78 is 4.79. The maximum absolute atomic E-state index is 11.6. The Kier molecular flexibility index (Phi) is 3.33. The van der Waals surface area contributed by atoms with E-state index in [1.807, 2.05) is 13.0 Å². The Labute approximate surface area is 101 Å². The van der Waals surface area contributed by atoms with Gasteiger partial charge in [0.05, 0.1) is 7.11 Å². The molecule has 2 rings (SSSR count). The molecule has 1 aliphatic rings. The summed E-state index contributed by atoms with van der Waals surface area (Å²) in [5, 5.41) is 0. The van der Waals surface area contributed by atoms with Crippen LogP contribution in [0.3, 0.4) is 0 Å². The van der Waals surface area contributed by atoms with Gasteiger partial charge in [0.2, 0.25) is 0 Å². The number of carbonyl (C=O) groups is 1. The molecule has 1 atom stereocenters. The van der Waals surface area contributed by atoms with E-state index in [0.717, 1.165) is 12.0 Å². The summed E-state index contributed by atoms with van der Waals surface area (Å²) in [6, 6.07) is 6.38. The standard InChI is InChI=1S/C13H18N2O2/c1-9-5-12-6-10(7-14)3-4-11(12)8-15(9)13(16)17-2/h3-4,6,9H,5,7-8,14H2,1-2H3. The quantitative estimate of drug-likeness (QED) is 0.804. The number of ether oxygens (including phenoxy) is 1. The molecule has 1 heterocycles. The molecule has 1 amide bonds. The zero-order chi connectivity index (χ0) is 12.4. The highest BCUT2D eigenvalue weighted by Crippen LogP contribution is 2.24. The molecular formula is C13H18N2O2. The predicted molar refractivity (Wildman–Crippen MR) is 65.4 cm³/mol. The molecule has 0 saturated heterocycles. The molecule has 0 bridgehead atoms. The first-order valence-electron chi connectivity index (χ1n) is 5.81. The van der Waals surface area contributed by atoms with E-state index in [-0.39, 0.29) is 12.1 Å². The Hall–Kier alpha value is -1.55. The molecule has 1 aromatic rings. The fourth-order valence-electron chi connectivity index (χ4n) is 2.28. The first-order chi connectivity index (χ1) is 8.15. The molecule has 2 N–H and O–H groups in total. The first-order valence-corrected chi connectivity index (χ1v) is 5.81. The number of fused-ring (bicyclic) bond motifs is 1. The van der Waals surface area contributed by atoms with Gasteiger partial charge < -0.3 is 15.4 Å². The molecule has 4 heteroatoms. The number of amides is 1. The Bertz CT molecular complexity index is 431. The van der Waals surface area contributed by atoms with Crippen LogP contribution in [0.1, 0.15) is 23.6 Å². The van der Waals surface area contributed by atoms with Gasteiger partial charge in [-0.2, -0.15) is 0 Å². The van der Waals surface area contributed by atoms with Crippen molar-refractivity contribution in [3.05, 3.63) is 34.9 Å². The second-order valence-electron chi connectivity index (χ2n) is 4.46. The van der Waals surface area contributed by atoms with Crippen LogP contribution in [-0.2, 0) is 24.2 Å². The van der Waals surface area contributed by atoms with E-state index in [0.29, 0.717) is 13.1 Å². The molecule has 0 fully saturated rings. The maximum Gasteiger partial charge on any atom is 0.410 e. The van der Waals surface area contributed by atoms with Crippen LogP contribution in [0.15, 0.2) is 18.2 Å². The zero-order valence-electron chi connectivity index (χ0n) is 10.3. The summed E-state index contributed by atoms with van der Waals surface area (Å²) in [7, 11) is 1.42. The van der Waals surface area contributed by atoms with Crippen LogP contribution in [0, 0.1) is 0 Å². The van der Waals surface area contributed by atoms with Crippen molar-refractivity contribution < 1.29 is 9.53 Å². The Morgan fingerprint density at radius 1 is 1.53 bits per heavy atom. The van der Waals surface area contributed by atoms with Crippen LogP contribution in [0.4, 0.5) is 4.79 Å². The van der Waals surface area contributed by atoms with E-state index in [2.05, 4.69) is 12.1 Å². The minimum Gasteiger partial charge on any atom is -0.453 e. The van der Waals surface area contributed by atoms with Crippen LogP contribution in [0.25, 0.3) is 0 Å². The molecule has 1 aliphatic heterocycles. The number of hydrogen-bond acceptors (Lipinski definition) is 3. The van der Waals surface area contributed by atoms with Crippen molar-refractivity contribution in [3.63, 3.8) is 0 Å². The van der Waals surface area contributed by atoms with Crippen molar-refractivity contribution in [2.24, 2.45) is 5.73 Å². The second-order valence-corrected chi connectivity index (χ2v) is 4.46. The van der Waals surface area contributed by atoms with Gasteiger partial charge >= 0.3 is 6.09 Å². The predicted octanol–water partition coefficient (Wildman–Crippen LogP) is 1.66. The van der Waals surface area contributed by atoms with E-state index >= 15 is 0 Å². The number of methoxy groups -OCH3 is 1. The van der Waals surface area contributed by atoms with Crippen molar-refractivity contribution in [2.75, 3.05) is 7.11 Å². The van der Waals surface area contributed by atoms with Crippen LogP contribution in [0.5, 0.6) is 0 Å². The number of hydrogen-bond donors (Lipinski definition) is 1. The minimum atomic E-state index is -0.258. The smallest absolute Gasteiger partial charge is 0.410 e. The van der Waals surface area contributed by atoms with Gasteiger partial charge in [0, 0.05) is 19.1 Å². The average Bonchev–Trinajstić information content (AvgIpc) is 2.36. The fourth-order valence-corrected chi connectivity index (χ4v) is 2.28. The summed E-state index contributed by atoms with van der Waals surface area (Å²) >= 11 is 0. The van der Waals surface area contributed by atoms with Gasteiger partial charge in [0.15, 0.2) is 0 Å². The number of carbonyl (C=O) groups excluding carboxylic acids is 1. The van der Waals surface area contributed by atoms with E-state index in [1.54, 1.807) is 4.90 Å². The van der Waals surface area contributed by atoms with Gasteiger partial charge in [-0.15, -0.1) is 0 Å². The maximum atomic E-state index is 11.6. The minimum absolute atomic E-state index is 0.169. The number of benzene rings is 1. The highest BCUT2D eigenvalue weighted by atomic mass is 16.5. The third-order valence-corrected chi connectivity index (χ3v) is 3.30. The van der Waals surface area contributed by atoms with Crippen LogP contribution < -0.4 is 5.73 Å². The normalized spacial score (nSPS) is 18.8. The lowest BCUT2D eigenvalue weighted by Gasteiger charge is -2.33. The third-order valence-electron chi connectivity index (χ3n) is 3.30. The summed E-state index contributed by atoms with van der Waals surface area (Å²) in [6.45, 7) is 3.21. The van der Waals surface area contributed by atoms with Gasteiger partial charge in [0.25, 0.3) is 0 Å². The Balaban J connectivity index is 2.26. The van der Waals surface area contributed by atoms with E-state index in [9.17, 15) is 4.79 Å². The number of rotatable bonds is 1. The molecule has 1 aromatic carbocycles. The average molecular weight is 234 g/mol. The summed E-state index contributed by atoms with van der Waals surface area (Å²) in [4.78, 5) is 13.3. The molecule has 17 heavy (non-hydrogen) atoms. The Morgan fingerprint density at radius 3 is 2.94 bits per heavy atom. The molecule has 0 aromatic heterocycles. The first kappa shape index (κ1) is 11.9. The van der Waals surface area contributed by atoms with Crippen molar-refractivity contribution in [1.29, 1.82) is 0 Å². The lowest BCUT2D eigenvalue weighted by molar-refractivity contribution is 0.100. The van der Waals surface area contributed by atoms with Crippen molar-refractivity contribution in [2.45, 2.75) is 32.5 Å². The van der Waals surface area contributed by atoms with E-state index in [4.69, 9.17) is 10.5 Å². The Morgan fingerprint density at radius 2 is 2.29 bits per heavy atom. The van der Waals surface area contributed by atoms with Crippen molar-refractivity contribution in [3.8, 4) is 0 Å². The number of nitrogens with zero attached hydrogens (tertiary/aromatic N) is 1. The van der Waals surface area contributed by atoms with Gasteiger partial charge in [-0.05, 0) is 30.0 Å². The summed E-state index contributed by atoms with van der Waals surface area (Å²) in [5.41, 5.74) is 9.25. The lowest BCUT2D eigenvalue weighted by atomic mass is 9.93. The van der Waals surface area contributed by atoms with Crippen molar-refractivity contribution >= 4 is 6.09 Å². The zero-order valence-corrected chi connectivity index (χ0v) is 10.3. The highest BCUT2D eigenvalue weighted by molar-refractivity contribution is 5.68. The fraction of sp³-hybridized carbons (Fsp3) is 0.462. The summed E-state index contributed by atoms with van der Waals surface area (Å²) in [5.74, 6) is 0. The lowest BCUT2D eigenvalue weighted by Crippen LogP contribution is -2.42. The molecule has 0 aliphatic carbocycles. The van der Waals surface area contributed by atoms with E-state index < -0.39 is 0 Å². The van der Waals surface area contributed by atoms with Gasteiger partial charge in [-0.1, -0.05) is 18.2 Å². The molecule has 0 spiro atoms. The molecule has 4 nitrogen and oxygen atoms in total. The SMILES string of the molecule is COC(=O)N1Cc2ccc(CN)cc2CC1C. The number of nitrogens with two attached hydrogens (primary N) is 1. The summed E-state index contributed by atoms with van der Waals surface area (Å²) in [6.07, 6.45) is 0.601. The molecule has 0 radical (unpaired) electrons. The molecule has 92 valence electrons. The van der Waals surface area contributed by atoms with E-state index in [1.165, 1.54) is 18.2 Å².